The molecule has 0 aliphatic rings. The van der Waals surface area contributed by atoms with E-state index in [-0.39, 0.29) is 23.3 Å². The summed E-state index contributed by atoms with van der Waals surface area (Å²) in [6, 6.07) is 4.12. The molecule has 1 rings (SSSR count). The summed E-state index contributed by atoms with van der Waals surface area (Å²) in [7, 11) is -0.770. The first-order chi connectivity index (χ1) is 8.40. The number of hydrogen-bond acceptors (Lipinski definition) is 5. The van der Waals surface area contributed by atoms with Crippen molar-refractivity contribution < 1.29 is 17.9 Å². The van der Waals surface area contributed by atoms with Crippen molar-refractivity contribution in [3.63, 3.8) is 0 Å². The van der Waals surface area contributed by atoms with Crippen LogP contribution in [-0.2, 0) is 14.8 Å². The predicted molar refractivity (Wildman–Crippen MR) is 69.1 cm³/mol. The van der Waals surface area contributed by atoms with E-state index in [0.717, 1.165) is 0 Å². The van der Waals surface area contributed by atoms with E-state index in [1.807, 2.05) is 0 Å². The zero-order valence-electron chi connectivity index (χ0n) is 10.6. The molecule has 1 aromatic rings. The van der Waals surface area contributed by atoms with Crippen LogP contribution in [0.5, 0.6) is 5.75 Å². The zero-order chi connectivity index (χ0) is 13.8. The summed E-state index contributed by atoms with van der Waals surface area (Å²) >= 11 is 0. The van der Waals surface area contributed by atoms with E-state index in [1.165, 1.54) is 26.4 Å². The molecule has 1 atom stereocenters. The van der Waals surface area contributed by atoms with Crippen LogP contribution in [0.4, 0.5) is 5.69 Å². The Morgan fingerprint density at radius 3 is 2.61 bits per heavy atom. The molecule has 6 nitrogen and oxygen atoms in total. The second-order valence-electron chi connectivity index (χ2n) is 3.89. The highest BCUT2D eigenvalue weighted by Crippen LogP contribution is 2.25. The van der Waals surface area contributed by atoms with Crippen LogP contribution in [-0.4, -0.2) is 35.3 Å². The van der Waals surface area contributed by atoms with Gasteiger partial charge in [0, 0.05) is 18.8 Å². The van der Waals surface area contributed by atoms with Crippen LogP contribution in [0.1, 0.15) is 6.92 Å². The summed E-state index contributed by atoms with van der Waals surface area (Å²) in [5.41, 5.74) is 5.95. The van der Waals surface area contributed by atoms with Crippen LogP contribution in [0.3, 0.4) is 0 Å². The minimum atomic E-state index is -3.68. The molecule has 0 amide bonds. The second kappa shape index (κ2) is 6.03. The molecule has 0 saturated carbocycles. The molecule has 0 saturated heterocycles. The topological polar surface area (TPSA) is 90.7 Å². The Hall–Kier alpha value is -1.31. The molecule has 18 heavy (non-hydrogen) atoms. The van der Waals surface area contributed by atoms with Crippen LogP contribution in [0.2, 0.25) is 0 Å². The van der Waals surface area contributed by atoms with Gasteiger partial charge in [0.1, 0.15) is 10.6 Å². The fourth-order valence-corrected chi connectivity index (χ4v) is 2.95. The third-order valence-corrected chi connectivity index (χ3v) is 3.86. The average molecular weight is 274 g/mol. The number of nitrogens with one attached hydrogen (secondary N) is 1. The Bertz CT molecular complexity index is 502. The maximum Gasteiger partial charge on any atom is 0.244 e. The molecule has 102 valence electrons. The summed E-state index contributed by atoms with van der Waals surface area (Å²) in [4.78, 5) is 0.0213. The smallest absolute Gasteiger partial charge is 0.244 e. The fourth-order valence-electron chi connectivity index (χ4n) is 1.52. The number of rotatable bonds is 6. The van der Waals surface area contributed by atoms with Crippen molar-refractivity contribution in [2.75, 3.05) is 26.6 Å². The van der Waals surface area contributed by atoms with Crippen molar-refractivity contribution >= 4 is 15.7 Å². The van der Waals surface area contributed by atoms with Crippen molar-refractivity contribution in [1.29, 1.82) is 0 Å². The Morgan fingerprint density at radius 2 is 2.06 bits per heavy atom. The highest BCUT2D eigenvalue weighted by molar-refractivity contribution is 7.89. The van der Waals surface area contributed by atoms with Crippen LogP contribution in [0.15, 0.2) is 23.1 Å². The van der Waals surface area contributed by atoms with E-state index in [4.69, 9.17) is 15.2 Å². The molecule has 0 aliphatic carbocycles. The molecular formula is C11H18N2O4S. The first-order valence-electron chi connectivity index (χ1n) is 5.35. The molecule has 0 fully saturated rings. The highest BCUT2D eigenvalue weighted by Gasteiger charge is 2.21. The normalized spacial score (nSPS) is 13.3. The first-order valence-corrected chi connectivity index (χ1v) is 6.84. The maximum atomic E-state index is 12.1. The van der Waals surface area contributed by atoms with Gasteiger partial charge in [-0.15, -0.1) is 0 Å². The summed E-state index contributed by atoms with van der Waals surface area (Å²) in [6.45, 7) is 1.99. The fraction of sp³-hybridized carbons (Fsp3) is 0.455. The lowest BCUT2D eigenvalue weighted by Gasteiger charge is -2.15. The average Bonchev–Trinajstić information content (AvgIpc) is 2.28. The van der Waals surface area contributed by atoms with E-state index in [0.29, 0.717) is 5.69 Å². The Balaban J connectivity index is 3.07. The first kappa shape index (κ1) is 14.7. The van der Waals surface area contributed by atoms with Crippen LogP contribution >= 0.6 is 0 Å². The summed E-state index contributed by atoms with van der Waals surface area (Å²) in [5.74, 6) is 0.251. The van der Waals surface area contributed by atoms with Gasteiger partial charge in [0.15, 0.2) is 0 Å². The molecule has 7 heteroatoms. The van der Waals surface area contributed by atoms with E-state index in [1.54, 1.807) is 13.0 Å². The molecule has 1 aromatic carbocycles. The summed E-state index contributed by atoms with van der Waals surface area (Å²) < 4.78 is 36.7. The Kier molecular flexibility index (Phi) is 4.94. The number of methoxy groups -OCH3 is 2. The monoisotopic (exact) mass is 274 g/mol. The largest absolute Gasteiger partial charge is 0.495 e. The number of nitrogens with two attached hydrogens (primary N) is 1. The van der Waals surface area contributed by atoms with Gasteiger partial charge in [0.2, 0.25) is 10.0 Å². The zero-order valence-corrected chi connectivity index (χ0v) is 11.5. The quantitative estimate of drug-likeness (QED) is 0.741. The molecule has 0 spiro atoms. The third-order valence-electron chi connectivity index (χ3n) is 2.25. The van der Waals surface area contributed by atoms with Crippen LogP contribution < -0.4 is 15.2 Å². The van der Waals surface area contributed by atoms with Gasteiger partial charge in [-0.2, -0.15) is 0 Å². The van der Waals surface area contributed by atoms with Gasteiger partial charge in [0.25, 0.3) is 0 Å². The van der Waals surface area contributed by atoms with Gasteiger partial charge >= 0.3 is 0 Å². The molecule has 0 aliphatic heterocycles. The molecule has 0 bridgehead atoms. The number of sulfonamides is 1. The molecule has 0 aromatic heterocycles. The number of benzene rings is 1. The van der Waals surface area contributed by atoms with Crippen molar-refractivity contribution in [3.8, 4) is 5.75 Å². The highest BCUT2D eigenvalue weighted by atomic mass is 32.2. The third kappa shape index (κ3) is 3.59. The molecule has 0 radical (unpaired) electrons. The van der Waals surface area contributed by atoms with Crippen molar-refractivity contribution in [2.24, 2.45) is 0 Å². The molecule has 3 N–H and O–H groups in total. The standard InChI is InChI=1S/C11H18N2O4S/c1-8(7-16-2)13-18(14,15)11-6-9(12)4-5-10(11)17-3/h4-6,8,13H,7,12H2,1-3H3. The summed E-state index contributed by atoms with van der Waals surface area (Å²) in [6.07, 6.45) is 0. The minimum Gasteiger partial charge on any atom is -0.495 e. The van der Waals surface area contributed by atoms with Crippen molar-refractivity contribution in [1.82, 2.24) is 4.72 Å². The van der Waals surface area contributed by atoms with Gasteiger partial charge in [-0.1, -0.05) is 0 Å². The maximum absolute atomic E-state index is 12.1. The van der Waals surface area contributed by atoms with E-state index < -0.39 is 10.0 Å². The van der Waals surface area contributed by atoms with Gasteiger partial charge in [-0.3, -0.25) is 0 Å². The molecular weight excluding hydrogens is 256 g/mol. The van der Waals surface area contributed by atoms with Gasteiger partial charge in [0.05, 0.1) is 13.7 Å². The second-order valence-corrected chi connectivity index (χ2v) is 5.57. The lowest BCUT2D eigenvalue weighted by Crippen LogP contribution is -2.35. The Morgan fingerprint density at radius 1 is 1.39 bits per heavy atom. The van der Waals surface area contributed by atoms with Crippen LogP contribution in [0.25, 0.3) is 0 Å². The van der Waals surface area contributed by atoms with Gasteiger partial charge < -0.3 is 15.2 Å². The van der Waals surface area contributed by atoms with Crippen LogP contribution in [0, 0.1) is 0 Å². The van der Waals surface area contributed by atoms with Crippen molar-refractivity contribution in [3.05, 3.63) is 18.2 Å². The minimum absolute atomic E-state index is 0.0213. The number of hydrogen-bond donors (Lipinski definition) is 2. The van der Waals surface area contributed by atoms with Crippen molar-refractivity contribution in [2.45, 2.75) is 17.9 Å². The lowest BCUT2D eigenvalue weighted by atomic mass is 10.3. The van der Waals surface area contributed by atoms with Gasteiger partial charge in [-0.05, 0) is 25.1 Å². The lowest BCUT2D eigenvalue weighted by molar-refractivity contribution is 0.180. The number of ether oxygens (including phenoxy) is 2. The number of nitrogen functional groups attached to an aromatic ring is 1. The van der Waals surface area contributed by atoms with E-state index in [2.05, 4.69) is 4.72 Å². The van der Waals surface area contributed by atoms with Gasteiger partial charge in [-0.25, -0.2) is 13.1 Å². The predicted octanol–water partition coefficient (Wildman–Crippen LogP) is 0.591. The number of anilines is 1. The van der Waals surface area contributed by atoms with E-state index >= 15 is 0 Å². The van der Waals surface area contributed by atoms with E-state index in [9.17, 15) is 8.42 Å². The summed E-state index contributed by atoms with van der Waals surface area (Å²) in [5, 5.41) is 0. The molecule has 1 unspecified atom stereocenters. The molecule has 0 heterocycles. The SMILES string of the molecule is COCC(C)NS(=O)(=O)c1cc(N)ccc1OC. The Labute approximate surface area is 107 Å².